The van der Waals surface area contributed by atoms with Crippen LogP contribution in [-0.2, 0) is 19.3 Å². The van der Waals surface area contributed by atoms with Crippen LogP contribution in [0.25, 0.3) is 6.08 Å². The van der Waals surface area contributed by atoms with Crippen molar-refractivity contribution >= 4 is 6.08 Å². The van der Waals surface area contributed by atoms with E-state index in [4.69, 9.17) is 0 Å². The van der Waals surface area contributed by atoms with Crippen LogP contribution in [0.15, 0.2) is 109 Å². The van der Waals surface area contributed by atoms with Crippen LogP contribution in [-0.4, -0.2) is 0 Å². The van der Waals surface area contributed by atoms with Gasteiger partial charge < -0.3 is 0 Å². The van der Waals surface area contributed by atoms with Crippen molar-refractivity contribution in [3.63, 3.8) is 0 Å². The average molecular weight is 389 g/mol. The molecule has 0 aliphatic rings. The van der Waals surface area contributed by atoms with Crippen LogP contribution in [0, 0.1) is 6.92 Å². The van der Waals surface area contributed by atoms with Gasteiger partial charge in [-0.05, 0) is 59.6 Å². The Morgan fingerprint density at radius 1 is 0.533 bits per heavy atom. The molecule has 0 aliphatic heterocycles. The molecule has 0 atom stereocenters. The fraction of sp³-hybridized carbons (Fsp3) is 0.133. The summed E-state index contributed by atoms with van der Waals surface area (Å²) in [6, 6.07) is 37.2. The van der Waals surface area contributed by atoms with Crippen molar-refractivity contribution < 1.29 is 0 Å². The SMILES string of the molecule is Cc1cccc(/C=C/Cc2cc(Cc3ccccc3)cc(Cc3ccccc3)c2)c1. The third kappa shape index (κ3) is 5.81. The molecule has 0 N–H and O–H groups in total. The molecule has 0 amide bonds. The molecule has 0 saturated carbocycles. The Labute approximate surface area is 180 Å². The van der Waals surface area contributed by atoms with E-state index in [0.29, 0.717) is 0 Å². The lowest BCUT2D eigenvalue weighted by atomic mass is 9.95. The molecule has 0 heterocycles. The molecule has 0 spiro atoms. The predicted octanol–water partition coefficient (Wildman–Crippen LogP) is 7.43. The second kappa shape index (κ2) is 9.89. The van der Waals surface area contributed by atoms with E-state index in [9.17, 15) is 0 Å². The predicted molar refractivity (Wildman–Crippen MR) is 129 cm³/mol. The summed E-state index contributed by atoms with van der Waals surface area (Å²) in [6.45, 7) is 2.14. The smallest absolute Gasteiger partial charge is 0.00256 e. The molecule has 0 bridgehead atoms. The summed E-state index contributed by atoms with van der Waals surface area (Å²) >= 11 is 0. The molecular formula is C30H28. The summed E-state index contributed by atoms with van der Waals surface area (Å²) in [5.41, 5.74) is 9.42. The van der Waals surface area contributed by atoms with Crippen LogP contribution in [0.4, 0.5) is 0 Å². The lowest BCUT2D eigenvalue weighted by Crippen LogP contribution is -1.96. The van der Waals surface area contributed by atoms with Gasteiger partial charge in [-0.2, -0.15) is 0 Å². The van der Waals surface area contributed by atoms with Gasteiger partial charge in [0.25, 0.3) is 0 Å². The Kier molecular flexibility index (Phi) is 6.57. The van der Waals surface area contributed by atoms with Gasteiger partial charge in [-0.25, -0.2) is 0 Å². The highest BCUT2D eigenvalue weighted by molar-refractivity contribution is 5.51. The van der Waals surface area contributed by atoms with Crippen LogP contribution in [0.1, 0.15) is 38.9 Å². The van der Waals surface area contributed by atoms with Gasteiger partial charge in [-0.1, -0.05) is 121 Å². The fourth-order valence-corrected chi connectivity index (χ4v) is 3.93. The Morgan fingerprint density at radius 2 is 1.10 bits per heavy atom. The van der Waals surface area contributed by atoms with Crippen molar-refractivity contribution in [2.75, 3.05) is 0 Å². The lowest BCUT2D eigenvalue weighted by Gasteiger charge is -2.10. The molecule has 0 heteroatoms. The van der Waals surface area contributed by atoms with Crippen LogP contribution < -0.4 is 0 Å². The average Bonchev–Trinajstić information content (AvgIpc) is 2.75. The molecule has 148 valence electrons. The molecule has 0 nitrogen and oxygen atoms in total. The van der Waals surface area contributed by atoms with E-state index in [2.05, 4.69) is 122 Å². The lowest BCUT2D eigenvalue weighted by molar-refractivity contribution is 1.11. The van der Waals surface area contributed by atoms with Crippen molar-refractivity contribution in [1.29, 1.82) is 0 Å². The highest BCUT2D eigenvalue weighted by Crippen LogP contribution is 2.19. The minimum Gasteiger partial charge on any atom is -0.0795 e. The largest absolute Gasteiger partial charge is 0.0795 e. The Balaban J connectivity index is 1.57. The summed E-state index contributed by atoms with van der Waals surface area (Å²) in [6.07, 6.45) is 7.39. The standard InChI is InChI=1S/C30H28/c1-24-10-8-15-25(18-24)16-9-17-28-21-29(19-26-11-4-2-5-12-26)23-30(22-28)20-27-13-6-3-7-14-27/h2-16,18,21-23H,17,19-20H2,1H3/b16-9+. The zero-order valence-electron chi connectivity index (χ0n) is 17.6. The number of allylic oxidation sites excluding steroid dienone is 1. The van der Waals surface area contributed by atoms with E-state index in [-0.39, 0.29) is 0 Å². The van der Waals surface area contributed by atoms with E-state index in [1.807, 2.05) is 0 Å². The maximum atomic E-state index is 2.37. The minimum atomic E-state index is 0.943. The quantitative estimate of drug-likeness (QED) is 0.309. The molecule has 30 heavy (non-hydrogen) atoms. The number of aryl methyl sites for hydroxylation is 1. The van der Waals surface area contributed by atoms with Crippen molar-refractivity contribution in [2.45, 2.75) is 26.2 Å². The van der Waals surface area contributed by atoms with Gasteiger partial charge in [-0.15, -0.1) is 0 Å². The molecule has 0 fully saturated rings. The number of hydrogen-bond donors (Lipinski definition) is 0. The molecule has 0 radical (unpaired) electrons. The van der Waals surface area contributed by atoms with Crippen molar-refractivity contribution in [3.8, 4) is 0 Å². The molecule has 0 aromatic heterocycles. The molecular weight excluding hydrogens is 360 g/mol. The Morgan fingerprint density at radius 3 is 1.67 bits per heavy atom. The van der Waals surface area contributed by atoms with Crippen LogP contribution in [0.3, 0.4) is 0 Å². The van der Waals surface area contributed by atoms with Crippen molar-refractivity contribution in [3.05, 3.63) is 148 Å². The van der Waals surface area contributed by atoms with Gasteiger partial charge in [0.05, 0.1) is 0 Å². The Hall–Kier alpha value is -3.38. The van der Waals surface area contributed by atoms with Gasteiger partial charge in [-0.3, -0.25) is 0 Å². The van der Waals surface area contributed by atoms with Crippen molar-refractivity contribution in [1.82, 2.24) is 0 Å². The van der Waals surface area contributed by atoms with Gasteiger partial charge in [0, 0.05) is 0 Å². The number of hydrogen-bond acceptors (Lipinski definition) is 0. The first-order valence-corrected chi connectivity index (χ1v) is 10.7. The van der Waals surface area contributed by atoms with Crippen LogP contribution >= 0.6 is 0 Å². The summed E-state index contributed by atoms with van der Waals surface area (Å²) in [5.74, 6) is 0. The van der Waals surface area contributed by atoms with E-state index >= 15 is 0 Å². The molecule has 4 aromatic carbocycles. The highest BCUT2D eigenvalue weighted by atomic mass is 14.1. The fourth-order valence-electron chi connectivity index (χ4n) is 3.93. The van der Waals surface area contributed by atoms with Gasteiger partial charge in [0.15, 0.2) is 0 Å². The summed E-state index contributed by atoms with van der Waals surface area (Å²) in [5, 5.41) is 0. The molecule has 0 saturated heterocycles. The second-order valence-electron chi connectivity index (χ2n) is 8.00. The third-order valence-corrected chi connectivity index (χ3v) is 5.32. The topological polar surface area (TPSA) is 0 Å². The minimum absolute atomic E-state index is 0.943. The second-order valence-corrected chi connectivity index (χ2v) is 8.00. The molecule has 4 rings (SSSR count). The Bertz CT molecular complexity index is 1050. The number of rotatable bonds is 7. The summed E-state index contributed by atoms with van der Waals surface area (Å²) in [7, 11) is 0. The molecule has 4 aromatic rings. The van der Waals surface area contributed by atoms with E-state index in [1.54, 1.807) is 0 Å². The summed E-state index contributed by atoms with van der Waals surface area (Å²) in [4.78, 5) is 0. The number of benzene rings is 4. The van der Waals surface area contributed by atoms with Gasteiger partial charge in [0.2, 0.25) is 0 Å². The third-order valence-electron chi connectivity index (χ3n) is 5.32. The van der Waals surface area contributed by atoms with E-state index in [0.717, 1.165) is 19.3 Å². The van der Waals surface area contributed by atoms with Crippen LogP contribution in [0.5, 0.6) is 0 Å². The van der Waals surface area contributed by atoms with Gasteiger partial charge in [0.1, 0.15) is 0 Å². The molecule has 0 aliphatic carbocycles. The van der Waals surface area contributed by atoms with Crippen LogP contribution in [0.2, 0.25) is 0 Å². The first-order valence-electron chi connectivity index (χ1n) is 10.7. The first kappa shape index (κ1) is 19.9. The van der Waals surface area contributed by atoms with E-state index < -0.39 is 0 Å². The maximum Gasteiger partial charge on any atom is -0.00256 e. The zero-order chi connectivity index (χ0) is 20.6. The first-order chi connectivity index (χ1) is 14.7. The normalized spacial score (nSPS) is 11.1. The highest BCUT2D eigenvalue weighted by Gasteiger charge is 2.04. The van der Waals surface area contributed by atoms with Gasteiger partial charge >= 0.3 is 0 Å². The van der Waals surface area contributed by atoms with E-state index in [1.165, 1.54) is 38.9 Å². The monoisotopic (exact) mass is 388 g/mol. The maximum absolute atomic E-state index is 2.37. The zero-order valence-corrected chi connectivity index (χ0v) is 17.6. The van der Waals surface area contributed by atoms with Crippen molar-refractivity contribution in [2.24, 2.45) is 0 Å². The summed E-state index contributed by atoms with van der Waals surface area (Å²) < 4.78 is 0. The molecule has 0 unspecified atom stereocenters.